The minimum atomic E-state index is -0.541. The van der Waals surface area contributed by atoms with E-state index in [9.17, 15) is 9.59 Å². The third-order valence-electron chi connectivity index (χ3n) is 4.23. The third-order valence-corrected chi connectivity index (χ3v) is 4.23. The summed E-state index contributed by atoms with van der Waals surface area (Å²) in [5.41, 5.74) is -0.260. The SMILES string of the molecule is CCCNc1ncc(C(=O)OCC)c(N[C@H]2CCCN(C(=O)OC(C)(C)C)C2)n1. The summed E-state index contributed by atoms with van der Waals surface area (Å²) in [7, 11) is 0. The van der Waals surface area contributed by atoms with Crippen LogP contribution < -0.4 is 10.6 Å². The van der Waals surface area contributed by atoms with Crippen molar-refractivity contribution in [3.8, 4) is 0 Å². The predicted octanol–water partition coefficient (Wildman–Crippen LogP) is 3.29. The summed E-state index contributed by atoms with van der Waals surface area (Å²) in [6.45, 7) is 11.5. The molecule has 1 aromatic heterocycles. The zero-order chi connectivity index (χ0) is 21.4. The number of nitrogens with zero attached hydrogens (tertiary/aromatic N) is 3. The molecule has 0 aromatic carbocycles. The number of nitrogens with one attached hydrogen (secondary N) is 2. The third kappa shape index (κ3) is 7.07. The minimum Gasteiger partial charge on any atom is -0.462 e. The van der Waals surface area contributed by atoms with Gasteiger partial charge in [-0.25, -0.2) is 14.6 Å². The zero-order valence-corrected chi connectivity index (χ0v) is 18.1. The Bertz CT molecular complexity index is 705. The second-order valence-electron chi connectivity index (χ2n) is 8.01. The number of rotatable bonds is 7. The number of hydrogen-bond donors (Lipinski definition) is 2. The zero-order valence-electron chi connectivity index (χ0n) is 18.1. The molecule has 2 rings (SSSR count). The van der Waals surface area contributed by atoms with Crippen molar-refractivity contribution in [3.63, 3.8) is 0 Å². The average molecular weight is 408 g/mol. The summed E-state index contributed by atoms with van der Waals surface area (Å²) < 4.78 is 10.6. The second-order valence-corrected chi connectivity index (χ2v) is 8.01. The molecule has 0 unspecified atom stereocenters. The van der Waals surface area contributed by atoms with Crippen LogP contribution in [0.3, 0.4) is 0 Å². The fourth-order valence-electron chi connectivity index (χ4n) is 2.95. The number of likely N-dealkylation sites (tertiary alicyclic amines) is 1. The van der Waals surface area contributed by atoms with E-state index in [1.165, 1.54) is 6.20 Å². The summed E-state index contributed by atoms with van der Waals surface area (Å²) in [6.07, 6.45) is 3.75. The number of carbonyl (C=O) groups excluding carboxylic acids is 2. The molecular formula is C20H33N5O4. The Labute approximate surface area is 172 Å². The summed E-state index contributed by atoms with van der Waals surface area (Å²) in [5.74, 6) is 0.382. The summed E-state index contributed by atoms with van der Waals surface area (Å²) in [4.78, 5) is 35.1. The van der Waals surface area contributed by atoms with Gasteiger partial charge in [0.15, 0.2) is 0 Å². The molecule has 29 heavy (non-hydrogen) atoms. The molecular weight excluding hydrogens is 374 g/mol. The first-order valence-electron chi connectivity index (χ1n) is 10.3. The van der Waals surface area contributed by atoms with E-state index in [0.29, 0.717) is 24.9 Å². The minimum absolute atomic E-state index is 0.0571. The van der Waals surface area contributed by atoms with Gasteiger partial charge in [-0.05, 0) is 47.0 Å². The number of hydrogen-bond acceptors (Lipinski definition) is 8. The summed E-state index contributed by atoms with van der Waals surface area (Å²) in [6, 6.07) is -0.0571. The van der Waals surface area contributed by atoms with E-state index in [2.05, 4.69) is 20.6 Å². The first kappa shape index (κ1) is 22.7. The molecule has 1 amide bonds. The fraction of sp³-hybridized carbons (Fsp3) is 0.700. The highest BCUT2D eigenvalue weighted by Crippen LogP contribution is 2.21. The molecule has 9 nitrogen and oxygen atoms in total. The van der Waals surface area contributed by atoms with E-state index in [1.807, 2.05) is 27.7 Å². The van der Waals surface area contributed by atoms with Crippen molar-refractivity contribution in [2.45, 2.75) is 65.5 Å². The van der Waals surface area contributed by atoms with Crippen molar-refractivity contribution < 1.29 is 19.1 Å². The first-order chi connectivity index (χ1) is 13.7. The van der Waals surface area contributed by atoms with Crippen LogP contribution in [-0.4, -0.2) is 64.8 Å². The molecule has 1 aliphatic rings. The van der Waals surface area contributed by atoms with Crippen LogP contribution in [0.5, 0.6) is 0 Å². The molecule has 0 saturated carbocycles. The molecule has 2 heterocycles. The molecule has 9 heteroatoms. The topological polar surface area (TPSA) is 106 Å². The molecule has 1 aliphatic heterocycles. The Morgan fingerprint density at radius 3 is 2.72 bits per heavy atom. The maximum Gasteiger partial charge on any atom is 0.410 e. The quantitative estimate of drug-likeness (QED) is 0.663. The maximum atomic E-state index is 12.4. The van der Waals surface area contributed by atoms with Gasteiger partial charge in [-0.1, -0.05) is 6.92 Å². The highest BCUT2D eigenvalue weighted by atomic mass is 16.6. The van der Waals surface area contributed by atoms with Crippen LogP contribution in [-0.2, 0) is 9.47 Å². The predicted molar refractivity (Wildman–Crippen MR) is 111 cm³/mol. The van der Waals surface area contributed by atoms with Crippen LogP contribution in [0.2, 0.25) is 0 Å². The fourth-order valence-corrected chi connectivity index (χ4v) is 2.95. The van der Waals surface area contributed by atoms with Crippen LogP contribution >= 0.6 is 0 Å². The van der Waals surface area contributed by atoms with E-state index in [1.54, 1.807) is 11.8 Å². The standard InChI is InChI=1S/C20H33N5O4/c1-6-10-21-18-22-12-15(17(26)28-7-2)16(24-18)23-14-9-8-11-25(13-14)19(27)29-20(3,4)5/h12,14H,6-11,13H2,1-5H3,(H2,21,22,23,24)/t14-/m0/s1. The van der Waals surface area contributed by atoms with Gasteiger partial charge in [-0.15, -0.1) is 0 Å². The molecule has 0 bridgehead atoms. The number of anilines is 2. The molecule has 1 fully saturated rings. The number of carbonyl (C=O) groups is 2. The Morgan fingerprint density at radius 1 is 1.31 bits per heavy atom. The smallest absolute Gasteiger partial charge is 0.410 e. The molecule has 0 aliphatic carbocycles. The molecule has 1 aromatic rings. The molecule has 162 valence electrons. The Balaban J connectivity index is 2.15. The molecule has 0 spiro atoms. The van der Waals surface area contributed by atoms with E-state index in [4.69, 9.17) is 9.47 Å². The van der Waals surface area contributed by atoms with Gasteiger partial charge in [0.1, 0.15) is 17.0 Å². The van der Waals surface area contributed by atoms with Crippen LogP contribution in [0.1, 0.15) is 64.2 Å². The maximum absolute atomic E-state index is 12.4. The molecule has 1 atom stereocenters. The summed E-state index contributed by atoms with van der Waals surface area (Å²) >= 11 is 0. The van der Waals surface area contributed by atoms with Crippen molar-refractivity contribution in [1.29, 1.82) is 0 Å². The number of ether oxygens (including phenoxy) is 2. The lowest BCUT2D eigenvalue weighted by atomic mass is 10.1. The monoisotopic (exact) mass is 407 g/mol. The summed E-state index contributed by atoms with van der Waals surface area (Å²) in [5, 5.41) is 6.44. The van der Waals surface area contributed by atoms with Gasteiger partial charge in [0.25, 0.3) is 0 Å². The van der Waals surface area contributed by atoms with Gasteiger partial charge >= 0.3 is 12.1 Å². The van der Waals surface area contributed by atoms with Crippen LogP contribution in [0, 0.1) is 0 Å². The van der Waals surface area contributed by atoms with Crippen molar-refractivity contribution in [2.75, 3.05) is 36.9 Å². The van der Waals surface area contributed by atoms with Crippen molar-refractivity contribution in [2.24, 2.45) is 0 Å². The van der Waals surface area contributed by atoms with E-state index in [-0.39, 0.29) is 24.3 Å². The second kappa shape index (κ2) is 10.3. The van der Waals surface area contributed by atoms with E-state index in [0.717, 1.165) is 25.8 Å². The number of esters is 1. The largest absolute Gasteiger partial charge is 0.462 e. The van der Waals surface area contributed by atoms with Crippen LogP contribution in [0.25, 0.3) is 0 Å². The Hall–Kier alpha value is -2.58. The highest BCUT2D eigenvalue weighted by Gasteiger charge is 2.29. The average Bonchev–Trinajstić information content (AvgIpc) is 2.65. The molecule has 0 radical (unpaired) electrons. The van der Waals surface area contributed by atoms with E-state index >= 15 is 0 Å². The molecule has 2 N–H and O–H groups in total. The number of piperidine rings is 1. The lowest BCUT2D eigenvalue weighted by Gasteiger charge is -2.34. The van der Waals surface area contributed by atoms with Gasteiger partial charge in [0.2, 0.25) is 5.95 Å². The van der Waals surface area contributed by atoms with Gasteiger partial charge in [-0.3, -0.25) is 0 Å². The van der Waals surface area contributed by atoms with Crippen LogP contribution in [0.15, 0.2) is 6.20 Å². The lowest BCUT2D eigenvalue weighted by Crippen LogP contribution is -2.47. The Morgan fingerprint density at radius 2 is 2.07 bits per heavy atom. The number of aromatic nitrogens is 2. The van der Waals surface area contributed by atoms with Gasteiger partial charge in [0, 0.05) is 31.9 Å². The highest BCUT2D eigenvalue weighted by molar-refractivity contribution is 5.94. The van der Waals surface area contributed by atoms with Gasteiger partial charge in [0.05, 0.1) is 6.61 Å². The first-order valence-corrected chi connectivity index (χ1v) is 10.3. The van der Waals surface area contributed by atoms with Crippen molar-refractivity contribution in [3.05, 3.63) is 11.8 Å². The Kier molecular flexibility index (Phi) is 8.04. The van der Waals surface area contributed by atoms with Gasteiger partial charge < -0.3 is 25.0 Å². The van der Waals surface area contributed by atoms with Crippen molar-refractivity contribution in [1.82, 2.24) is 14.9 Å². The lowest BCUT2D eigenvalue weighted by molar-refractivity contribution is 0.0205. The van der Waals surface area contributed by atoms with Crippen molar-refractivity contribution >= 4 is 23.8 Å². The number of amides is 1. The van der Waals surface area contributed by atoms with Crippen LogP contribution in [0.4, 0.5) is 16.6 Å². The van der Waals surface area contributed by atoms with E-state index < -0.39 is 11.6 Å². The molecule has 1 saturated heterocycles. The van der Waals surface area contributed by atoms with Gasteiger partial charge in [-0.2, -0.15) is 4.98 Å². The normalized spacial score (nSPS) is 16.9.